The van der Waals surface area contributed by atoms with E-state index in [0.717, 1.165) is 12.8 Å². The molecule has 12 heavy (non-hydrogen) atoms. The normalized spacial score (nSPS) is 36.3. The predicted molar refractivity (Wildman–Crippen MR) is 44.7 cm³/mol. The smallest absolute Gasteiger partial charge is 0.136 e. The van der Waals surface area contributed by atoms with Gasteiger partial charge in [0, 0.05) is 25.2 Å². The van der Waals surface area contributed by atoms with Crippen molar-refractivity contribution < 1.29 is 9.59 Å². The lowest BCUT2D eigenvalue weighted by Gasteiger charge is -2.33. The number of ketones is 2. The fourth-order valence-corrected chi connectivity index (χ4v) is 2.51. The van der Waals surface area contributed by atoms with Crippen molar-refractivity contribution >= 4 is 11.6 Å². The van der Waals surface area contributed by atoms with Crippen molar-refractivity contribution in [3.8, 4) is 0 Å². The molecule has 66 valence electrons. The zero-order valence-corrected chi connectivity index (χ0v) is 7.21. The van der Waals surface area contributed by atoms with Crippen molar-refractivity contribution in [2.45, 2.75) is 38.5 Å². The highest BCUT2D eigenvalue weighted by Gasteiger charge is 2.36. The maximum atomic E-state index is 11.4. The van der Waals surface area contributed by atoms with Gasteiger partial charge in [0.25, 0.3) is 0 Å². The molecule has 2 heteroatoms. The molecule has 0 aromatic carbocycles. The highest BCUT2D eigenvalue weighted by Crippen LogP contribution is 2.36. The number of hydrogen-bond acceptors (Lipinski definition) is 2. The SMILES string of the molecule is O=C1CCC2CCCC(=O)C2C1. The van der Waals surface area contributed by atoms with Gasteiger partial charge in [-0.1, -0.05) is 0 Å². The Hall–Kier alpha value is -0.660. The molecule has 2 aliphatic rings. The van der Waals surface area contributed by atoms with Gasteiger partial charge in [-0.2, -0.15) is 0 Å². The Morgan fingerprint density at radius 1 is 1.08 bits per heavy atom. The first-order chi connectivity index (χ1) is 5.77. The van der Waals surface area contributed by atoms with Gasteiger partial charge in [-0.15, -0.1) is 0 Å². The Kier molecular flexibility index (Phi) is 1.99. The summed E-state index contributed by atoms with van der Waals surface area (Å²) < 4.78 is 0. The Bertz CT molecular complexity index is 220. The molecule has 0 N–H and O–H groups in total. The number of carbonyl (C=O) groups is 2. The van der Waals surface area contributed by atoms with Crippen LogP contribution in [0.15, 0.2) is 0 Å². The van der Waals surface area contributed by atoms with Crippen molar-refractivity contribution in [3.63, 3.8) is 0 Å². The molecule has 0 spiro atoms. The fraction of sp³-hybridized carbons (Fsp3) is 0.800. The maximum absolute atomic E-state index is 11.4. The lowest BCUT2D eigenvalue weighted by atomic mass is 9.70. The van der Waals surface area contributed by atoms with E-state index in [-0.39, 0.29) is 5.92 Å². The molecule has 2 rings (SSSR count). The summed E-state index contributed by atoms with van der Waals surface area (Å²) in [5.41, 5.74) is 0. The third-order valence-corrected chi connectivity index (χ3v) is 3.22. The van der Waals surface area contributed by atoms with Crippen LogP contribution in [0.3, 0.4) is 0 Å². The zero-order valence-electron chi connectivity index (χ0n) is 7.21. The average molecular weight is 166 g/mol. The van der Waals surface area contributed by atoms with Gasteiger partial charge in [-0.25, -0.2) is 0 Å². The lowest BCUT2D eigenvalue weighted by molar-refractivity contribution is -0.134. The zero-order chi connectivity index (χ0) is 8.55. The average Bonchev–Trinajstić information content (AvgIpc) is 2.07. The van der Waals surface area contributed by atoms with Crippen LogP contribution in [0.5, 0.6) is 0 Å². The monoisotopic (exact) mass is 166 g/mol. The summed E-state index contributed by atoms with van der Waals surface area (Å²) in [7, 11) is 0. The molecule has 0 bridgehead atoms. The minimum Gasteiger partial charge on any atom is -0.300 e. The number of carbonyl (C=O) groups excluding carboxylic acids is 2. The Labute approximate surface area is 72.3 Å². The van der Waals surface area contributed by atoms with Crippen molar-refractivity contribution in [2.24, 2.45) is 11.8 Å². The van der Waals surface area contributed by atoms with Crippen molar-refractivity contribution in [3.05, 3.63) is 0 Å². The second-order valence-corrected chi connectivity index (χ2v) is 4.01. The van der Waals surface area contributed by atoms with Gasteiger partial charge in [-0.05, 0) is 25.2 Å². The molecule has 0 radical (unpaired) electrons. The van der Waals surface area contributed by atoms with E-state index in [9.17, 15) is 9.59 Å². The summed E-state index contributed by atoms with van der Waals surface area (Å²) in [4.78, 5) is 22.5. The number of hydrogen-bond donors (Lipinski definition) is 0. The van der Waals surface area contributed by atoms with E-state index in [4.69, 9.17) is 0 Å². The lowest BCUT2D eigenvalue weighted by Crippen LogP contribution is -2.34. The Morgan fingerprint density at radius 3 is 2.75 bits per heavy atom. The van der Waals surface area contributed by atoms with Crippen LogP contribution in [0.4, 0.5) is 0 Å². The van der Waals surface area contributed by atoms with E-state index in [1.54, 1.807) is 0 Å². The molecule has 2 aliphatic carbocycles. The minimum atomic E-state index is 0.111. The van der Waals surface area contributed by atoms with Gasteiger partial charge >= 0.3 is 0 Å². The Balaban J connectivity index is 2.10. The molecule has 0 aromatic rings. The summed E-state index contributed by atoms with van der Waals surface area (Å²) in [6, 6.07) is 0. The van der Waals surface area contributed by atoms with E-state index in [1.807, 2.05) is 0 Å². The predicted octanol–water partition coefficient (Wildman–Crippen LogP) is 1.72. The molecule has 0 saturated heterocycles. The first-order valence-corrected chi connectivity index (χ1v) is 4.82. The summed E-state index contributed by atoms with van der Waals surface area (Å²) in [6.45, 7) is 0. The van der Waals surface area contributed by atoms with Gasteiger partial charge in [0.05, 0.1) is 0 Å². The van der Waals surface area contributed by atoms with E-state index in [2.05, 4.69) is 0 Å². The van der Waals surface area contributed by atoms with Gasteiger partial charge < -0.3 is 0 Å². The van der Waals surface area contributed by atoms with Crippen LogP contribution in [0.1, 0.15) is 38.5 Å². The van der Waals surface area contributed by atoms with Gasteiger partial charge in [-0.3, -0.25) is 9.59 Å². The van der Waals surface area contributed by atoms with Crippen LogP contribution in [-0.2, 0) is 9.59 Å². The Morgan fingerprint density at radius 2 is 1.92 bits per heavy atom. The van der Waals surface area contributed by atoms with Crippen LogP contribution in [-0.4, -0.2) is 11.6 Å². The number of fused-ring (bicyclic) bond motifs is 1. The molecule has 2 atom stereocenters. The van der Waals surface area contributed by atoms with Crippen LogP contribution >= 0.6 is 0 Å². The van der Waals surface area contributed by atoms with Crippen LogP contribution in [0.25, 0.3) is 0 Å². The van der Waals surface area contributed by atoms with Crippen LogP contribution in [0.2, 0.25) is 0 Å². The topological polar surface area (TPSA) is 34.1 Å². The first kappa shape index (κ1) is 7.96. The summed E-state index contributed by atoms with van der Waals surface area (Å²) >= 11 is 0. The van der Waals surface area contributed by atoms with E-state index in [1.165, 1.54) is 6.42 Å². The standard InChI is InChI=1S/C10H14O2/c11-8-5-4-7-2-1-3-10(12)9(7)6-8/h7,9H,1-6H2. The van der Waals surface area contributed by atoms with E-state index >= 15 is 0 Å². The molecule has 0 heterocycles. The molecule has 2 unspecified atom stereocenters. The second-order valence-electron chi connectivity index (χ2n) is 4.01. The largest absolute Gasteiger partial charge is 0.300 e. The van der Waals surface area contributed by atoms with E-state index < -0.39 is 0 Å². The molecule has 2 saturated carbocycles. The highest BCUT2D eigenvalue weighted by molar-refractivity contribution is 5.89. The van der Waals surface area contributed by atoms with Gasteiger partial charge in [0.1, 0.15) is 11.6 Å². The highest BCUT2D eigenvalue weighted by atomic mass is 16.1. The molecule has 0 aromatic heterocycles. The van der Waals surface area contributed by atoms with Gasteiger partial charge in [0.15, 0.2) is 0 Å². The third-order valence-electron chi connectivity index (χ3n) is 3.22. The van der Waals surface area contributed by atoms with Crippen molar-refractivity contribution in [1.82, 2.24) is 0 Å². The van der Waals surface area contributed by atoms with Crippen LogP contribution in [0, 0.1) is 11.8 Å². The minimum absolute atomic E-state index is 0.111. The summed E-state index contributed by atoms with van der Waals surface area (Å²) in [5, 5.41) is 0. The van der Waals surface area contributed by atoms with E-state index in [0.29, 0.717) is 36.7 Å². The molecular weight excluding hydrogens is 152 g/mol. The fourth-order valence-electron chi connectivity index (χ4n) is 2.51. The van der Waals surface area contributed by atoms with Crippen molar-refractivity contribution in [1.29, 1.82) is 0 Å². The maximum Gasteiger partial charge on any atom is 0.136 e. The summed E-state index contributed by atoms with van der Waals surface area (Å²) in [5.74, 6) is 1.30. The quantitative estimate of drug-likeness (QED) is 0.549. The molecule has 2 fully saturated rings. The third kappa shape index (κ3) is 1.30. The number of Topliss-reactive ketones (excluding diaryl/α,β-unsaturated/α-hetero) is 2. The van der Waals surface area contributed by atoms with Crippen molar-refractivity contribution in [2.75, 3.05) is 0 Å². The second kappa shape index (κ2) is 3.00. The van der Waals surface area contributed by atoms with Gasteiger partial charge in [0.2, 0.25) is 0 Å². The summed E-state index contributed by atoms with van der Waals surface area (Å²) in [6.07, 6.45) is 5.17. The molecule has 2 nitrogen and oxygen atoms in total. The van der Waals surface area contributed by atoms with Crippen LogP contribution < -0.4 is 0 Å². The molecular formula is C10H14O2. The molecule has 0 amide bonds. The molecule has 0 aliphatic heterocycles. The number of rotatable bonds is 0. The first-order valence-electron chi connectivity index (χ1n) is 4.82.